The molecule has 0 aliphatic rings. The average Bonchev–Trinajstić information content (AvgIpc) is 3.09. The van der Waals surface area contributed by atoms with E-state index in [0.717, 1.165) is 44.9 Å². The molecule has 0 heterocycles. The number of aliphatic carboxylic acids is 1. The second kappa shape index (κ2) is 33.9. The molecular formula is C38H69N3O11. The summed E-state index contributed by atoms with van der Waals surface area (Å²) < 4.78 is 21.3. The summed E-state index contributed by atoms with van der Waals surface area (Å²) in [6.07, 6.45) is 14.1. The first-order valence-electron chi connectivity index (χ1n) is 19.4. The van der Waals surface area contributed by atoms with Crippen molar-refractivity contribution < 1.29 is 52.8 Å². The van der Waals surface area contributed by atoms with E-state index >= 15 is 0 Å². The van der Waals surface area contributed by atoms with Gasteiger partial charge in [-0.15, -0.1) is 0 Å². The third kappa shape index (κ3) is 31.8. The first-order valence-corrected chi connectivity index (χ1v) is 19.4. The van der Waals surface area contributed by atoms with E-state index in [-0.39, 0.29) is 68.6 Å². The standard InChI is InChI=1S/C38H69N3O11/c1-30(2)34(43)28-51-26-25-50-23-21-39-36(45)29-52-27-24-49-22-17-18-33(42)31(3)41-38(48)32(4)40-35(44)19-15-13-11-9-7-5-6-8-10-12-14-16-20-37(46)47/h30-32H,5-29H2,1-4H3,(H,39,45)(H,40,44)(H,41,48)(H,46,47)/t31-,32-/m0/s1. The minimum Gasteiger partial charge on any atom is -0.481 e. The molecular weight excluding hydrogens is 674 g/mol. The number of carboxylic acid groups (broad SMARTS) is 1. The second-order valence-electron chi connectivity index (χ2n) is 13.5. The highest BCUT2D eigenvalue weighted by Crippen LogP contribution is 2.13. The lowest BCUT2D eigenvalue weighted by Gasteiger charge is -2.18. The second-order valence-corrected chi connectivity index (χ2v) is 13.5. The number of carbonyl (C=O) groups is 6. The van der Waals surface area contributed by atoms with Crippen LogP contribution in [0.1, 0.15) is 130 Å². The van der Waals surface area contributed by atoms with Gasteiger partial charge in [0, 0.05) is 38.3 Å². The van der Waals surface area contributed by atoms with Gasteiger partial charge < -0.3 is 40.0 Å². The van der Waals surface area contributed by atoms with Crippen molar-refractivity contribution in [1.29, 1.82) is 0 Å². The highest BCUT2D eigenvalue weighted by Gasteiger charge is 2.20. The Bertz CT molecular complexity index is 993. The fourth-order valence-electron chi connectivity index (χ4n) is 4.95. The molecule has 14 nitrogen and oxygen atoms in total. The molecule has 302 valence electrons. The van der Waals surface area contributed by atoms with Gasteiger partial charge in [0.2, 0.25) is 17.7 Å². The Balaban J connectivity index is 3.69. The van der Waals surface area contributed by atoms with E-state index in [0.29, 0.717) is 45.8 Å². The van der Waals surface area contributed by atoms with E-state index in [1.54, 1.807) is 13.8 Å². The zero-order valence-corrected chi connectivity index (χ0v) is 32.4. The fraction of sp³-hybridized carbons (Fsp3) is 0.842. The van der Waals surface area contributed by atoms with Gasteiger partial charge in [0.05, 0.1) is 39.1 Å². The number of hydrogen-bond acceptors (Lipinski definition) is 10. The summed E-state index contributed by atoms with van der Waals surface area (Å²) in [6.45, 7) is 8.96. The first-order chi connectivity index (χ1) is 24.9. The van der Waals surface area contributed by atoms with Gasteiger partial charge in [-0.3, -0.25) is 28.8 Å². The molecule has 0 saturated carbocycles. The lowest BCUT2D eigenvalue weighted by atomic mass is 10.0. The Morgan fingerprint density at radius 2 is 0.981 bits per heavy atom. The van der Waals surface area contributed by atoms with Crippen LogP contribution in [0.2, 0.25) is 0 Å². The summed E-state index contributed by atoms with van der Waals surface area (Å²) in [6, 6.07) is -1.42. The van der Waals surface area contributed by atoms with Gasteiger partial charge >= 0.3 is 5.97 Å². The van der Waals surface area contributed by atoms with E-state index in [1.807, 2.05) is 13.8 Å². The van der Waals surface area contributed by atoms with E-state index in [2.05, 4.69) is 16.0 Å². The number of amides is 3. The van der Waals surface area contributed by atoms with Gasteiger partial charge in [0.15, 0.2) is 11.6 Å². The van der Waals surface area contributed by atoms with Crippen LogP contribution in [0.5, 0.6) is 0 Å². The SMILES string of the molecule is CC(C)C(=O)COCCOCCNC(=O)COCCOCCCC(=O)[C@H](C)NC(=O)[C@H](C)NC(=O)CCCCCCCCCCCCCCC(=O)O. The number of rotatable bonds is 37. The number of unbranched alkanes of at least 4 members (excludes halogenated alkanes) is 11. The van der Waals surface area contributed by atoms with Gasteiger partial charge in [-0.1, -0.05) is 78.1 Å². The summed E-state index contributed by atoms with van der Waals surface area (Å²) in [5.41, 5.74) is 0. The molecule has 0 aromatic carbocycles. The fourth-order valence-corrected chi connectivity index (χ4v) is 4.95. The highest BCUT2D eigenvalue weighted by molar-refractivity contribution is 5.92. The quantitative estimate of drug-likeness (QED) is 0.0663. The zero-order chi connectivity index (χ0) is 38.8. The molecule has 0 saturated heterocycles. The zero-order valence-electron chi connectivity index (χ0n) is 32.4. The number of carboxylic acids is 1. The number of carbonyl (C=O) groups excluding carboxylic acids is 5. The third-order valence-corrected chi connectivity index (χ3v) is 8.30. The van der Waals surface area contributed by atoms with Crippen molar-refractivity contribution >= 4 is 35.3 Å². The van der Waals surface area contributed by atoms with Crippen molar-refractivity contribution in [3.8, 4) is 0 Å². The predicted octanol–water partition coefficient (Wildman–Crippen LogP) is 4.30. The van der Waals surface area contributed by atoms with Gasteiger partial charge in [-0.2, -0.15) is 0 Å². The molecule has 0 rings (SSSR count). The molecule has 4 N–H and O–H groups in total. The van der Waals surface area contributed by atoms with E-state index in [9.17, 15) is 28.8 Å². The predicted molar refractivity (Wildman–Crippen MR) is 198 cm³/mol. The van der Waals surface area contributed by atoms with Crippen LogP contribution >= 0.6 is 0 Å². The number of hydrogen-bond donors (Lipinski definition) is 4. The summed E-state index contributed by atoms with van der Waals surface area (Å²) >= 11 is 0. The minimum atomic E-state index is -0.739. The van der Waals surface area contributed by atoms with Gasteiger partial charge in [0.25, 0.3) is 0 Å². The van der Waals surface area contributed by atoms with Crippen molar-refractivity contribution in [1.82, 2.24) is 16.0 Å². The normalized spacial score (nSPS) is 12.3. The molecule has 0 spiro atoms. The maximum absolute atomic E-state index is 12.5. The molecule has 0 aromatic rings. The van der Waals surface area contributed by atoms with Gasteiger partial charge in [0.1, 0.15) is 19.3 Å². The highest BCUT2D eigenvalue weighted by atomic mass is 16.5. The summed E-state index contributed by atoms with van der Waals surface area (Å²) in [5.74, 6) is -1.71. The van der Waals surface area contributed by atoms with Crippen LogP contribution in [-0.4, -0.2) is 112 Å². The number of nitrogens with one attached hydrogen (secondary N) is 3. The molecule has 0 unspecified atom stereocenters. The molecule has 3 amide bonds. The monoisotopic (exact) mass is 743 g/mol. The Hall–Kier alpha value is -2.94. The molecule has 0 radical (unpaired) electrons. The molecule has 0 bridgehead atoms. The Labute approximate surface area is 311 Å². The van der Waals surface area contributed by atoms with Crippen molar-refractivity contribution in [2.24, 2.45) is 5.92 Å². The van der Waals surface area contributed by atoms with Crippen molar-refractivity contribution in [2.45, 2.75) is 143 Å². The van der Waals surface area contributed by atoms with Crippen molar-refractivity contribution in [2.75, 3.05) is 59.4 Å². The van der Waals surface area contributed by atoms with Crippen LogP contribution in [-0.2, 0) is 47.7 Å². The lowest BCUT2D eigenvalue weighted by molar-refractivity contribution is -0.137. The molecule has 52 heavy (non-hydrogen) atoms. The van der Waals surface area contributed by atoms with Crippen LogP contribution in [0.3, 0.4) is 0 Å². The van der Waals surface area contributed by atoms with Crippen LogP contribution in [0.4, 0.5) is 0 Å². The summed E-state index contributed by atoms with van der Waals surface area (Å²) in [5, 5.41) is 16.7. The molecule has 2 atom stereocenters. The maximum atomic E-state index is 12.5. The number of ether oxygens (including phenoxy) is 4. The molecule has 0 aromatic heterocycles. The van der Waals surface area contributed by atoms with E-state index < -0.39 is 24.0 Å². The Kier molecular flexibility index (Phi) is 32.0. The molecule has 0 aliphatic carbocycles. The van der Waals surface area contributed by atoms with E-state index in [4.69, 9.17) is 24.1 Å². The molecule has 14 heteroatoms. The van der Waals surface area contributed by atoms with Crippen LogP contribution in [0, 0.1) is 5.92 Å². The Morgan fingerprint density at radius 1 is 0.481 bits per heavy atom. The van der Waals surface area contributed by atoms with Crippen molar-refractivity contribution in [3.05, 3.63) is 0 Å². The minimum absolute atomic E-state index is 0.0445. The molecule has 0 aliphatic heterocycles. The van der Waals surface area contributed by atoms with Crippen LogP contribution in [0.25, 0.3) is 0 Å². The molecule has 0 fully saturated rings. The van der Waals surface area contributed by atoms with Gasteiger partial charge in [-0.05, 0) is 33.1 Å². The van der Waals surface area contributed by atoms with E-state index in [1.165, 1.54) is 32.1 Å². The largest absolute Gasteiger partial charge is 0.481 e. The van der Waals surface area contributed by atoms with Crippen LogP contribution in [0.15, 0.2) is 0 Å². The average molecular weight is 744 g/mol. The lowest BCUT2D eigenvalue weighted by Crippen LogP contribution is -2.49. The summed E-state index contributed by atoms with van der Waals surface area (Å²) in [4.78, 5) is 71.0. The van der Waals surface area contributed by atoms with Crippen LogP contribution < -0.4 is 16.0 Å². The number of ketones is 2. The van der Waals surface area contributed by atoms with Crippen molar-refractivity contribution in [3.63, 3.8) is 0 Å². The number of Topliss-reactive ketones (excluding diaryl/α,β-unsaturated/α-hetero) is 2. The topological polar surface area (TPSA) is 196 Å². The Morgan fingerprint density at radius 3 is 1.54 bits per heavy atom. The first kappa shape index (κ1) is 49.1. The summed E-state index contributed by atoms with van der Waals surface area (Å²) in [7, 11) is 0. The van der Waals surface area contributed by atoms with Gasteiger partial charge in [-0.25, -0.2) is 0 Å². The third-order valence-electron chi connectivity index (χ3n) is 8.30. The smallest absolute Gasteiger partial charge is 0.303 e. The maximum Gasteiger partial charge on any atom is 0.303 e.